The Morgan fingerprint density at radius 2 is 1.80 bits per heavy atom. The van der Waals surface area contributed by atoms with Crippen molar-refractivity contribution < 1.29 is 13.2 Å². The molecular formula is C25H22ClN5O3S. The molecule has 0 unspecified atom stereocenters. The molecule has 10 heteroatoms. The van der Waals surface area contributed by atoms with E-state index in [2.05, 4.69) is 11.1 Å². The van der Waals surface area contributed by atoms with Crippen LogP contribution in [0.15, 0.2) is 78.1 Å². The minimum atomic E-state index is -4.08. The van der Waals surface area contributed by atoms with E-state index in [1.807, 2.05) is 13.8 Å². The molecule has 178 valence electrons. The van der Waals surface area contributed by atoms with E-state index >= 15 is 0 Å². The fourth-order valence-electron chi connectivity index (χ4n) is 3.85. The van der Waals surface area contributed by atoms with Gasteiger partial charge in [0.15, 0.2) is 0 Å². The lowest BCUT2D eigenvalue weighted by Gasteiger charge is -2.31. The molecule has 0 saturated heterocycles. The second-order valence-electron chi connectivity index (χ2n) is 8.13. The first kappa shape index (κ1) is 24.3. The zero-order valence-electron chi connectivity index (χ0n) is 18.9. The highest BCUT2D eigenvalue weighted by Gasteiger charge is 2.28. The van der Waals surface area contributed by atoms with E-state index < -0.39 is 15.6 Å². The number of nitrogens with two attached hydrogens (primary N) is 2. The molecule has 0 bridgehead atoms. The molecular weight excluding hydrogens is 486 g/mol. The predicted octanol–water partition coefficient (Wildman–Crippen LogP) is 4.50. The van der Waals surface area contributed by atoms with Crippen molar-refractivity contribution in [3.05, 3.63) is 89.4 Å². The van der Waals surface area contributed by atoms with Crippen molar-refractivity contribution in [2.24, 2.45) is 5.14 Å². The second-order valence-corrected chi connectivity index (χ2v) is 10.1. The standard InChI is InChI=1S/C25H22ClN5O3S/c1-16-9-12-30-24(28)22(16)23-19(6-4-8-21(23)35(29,32)33)31-13-10-25(2,11-14-31)34-20-7-3-5-18(26)17(20)15-27/h3-14H,1-2H3,(H2,28,30)(H2,29,32,33). The zero-order chi connectivity index (χ0) is 25.4. The highest BCUT2D eigenvalue weighted by atomic mass is 35.5. The molecule has 8 nitrogen and oxygen atoms in total. The number of nitriles is 1. The molecule has 0 aliphatic carbocycles. The summed E-state index contributed by atoms with van der Waals surface area (Å²) < 4.78 is 31.1. The van der Waals surface area contributed by atoms with Gasteiger partial charge >= 0.3 is 0 Å². The topological polar surface area (TPSA) is 135 Å². The van der Waals surface area contributed by atoms with E-state index in [0.717, 1.165) is 5.56 Å². The van der Waals surface area contributed by atoms with E-state index in [9.17, 15) is 13.7 Å². The molecule has 1 aromatic heterocycles. The van der Waals surface area contributed by atoms with Crippen LogP contribution in [-0.4, -0.2) is 19.0 Å². The van der Waals surface area contributed by atoms with Crippen LogP contribution in [-0.2, 0) is 10.0 Å². The normalized spacial score (nSPS) is 14.5. The average Bonchev–Trinajstić information content (AvgIpc) is 2.79. The number of primary sulfonamides is 1. The van der Waals surface area contributed by atoms with Gasteiger partial charge in [0.1, 0.15) is 28.8 Å². The maximum absolute atomic E-state index is 12.5. The van der Waals surface area contributed by atoms with Crippen LogP contribution >= 0.6 is 11.6 Å². The molecule has 0 radical (unpaired) electrons. The smallest absolute Gasteiger partial charge is 0.238 e. The Labute approximate surface area is 208 Å². The lowest BCUT2D eigenvalue weighted by Crippen LogP contribution is -2.32. The molecule has 1 aliphatic rings. The number of aryl methyl sites for hydroxylation is 1. The minimum Gasteiger partial charge on any atom is -0.478 e. The fraction of sp³-hybridized carbons (Fsp3) is 0.120. The maximum Gasteiger partial charge on any atom is 0.238 e. The molecule has 4 rings (SSSR count). The van der Waals surface area contributed by atoms with E-state index in [1.165, 1.54) is 6.07 Å². The number of aromatic nitrogens is 1. The SMILES string of the molecule is Cc1ccnc(N)c1-c1c(N2C=CC(C)(Oc3cccc(Cl)c3C#N)C=C2)cccc1S(N)(=O)=O. The largest absolute Gasteiger partial charge is 0.478 e. The summed E-state index contributed by atoms with van der Waals surface area (Å²) in [6, 6.07) is 13.6. The van der Waals surface area contributed by atoms with E-state index in [-0.39, 0.29) is 16.3 Å². The summed E-state index contributed by atoms with van der Waals surface area (Å²) >= 11 is 6.13. The van der Waals surface area contributed by atoms with Crippen LogP contribution in [0, 0.1) is 18.3 Å². The summed E-state index contributed by atoms with van der Waals surface area (Å²) in [7, 11) is -4.08. The molecule has 0 atom stereocenters. The summed E-state index contributed by atoms with van der Waals surface area (Å²) in [5.74, 6) is 0.534. The average molecular weight is 508 g/mol. The van der Waals surface area contributed by atoms with Gasteiger partial charge in [0.05, 0.1) is 15.6 Å². The molecule has 0 saturated carbocycles. The van der Waals surface area contributed by atoms with Crippen molar-refractivity contribution in [3.8, 4) is 22.9 Å². The van der Waals surface area contributed by atoms with Gasteiger partial charge in [-0.05, 0) is 61.9 Å². The molecule has 0 spiro atoms. The highest BCUT2D eigenvalue weighted by molar-refractivity contribution is 7.89. The zero-order valence-corrected chi connectivity index (χ0v) is 20.5. The van der Waals surface area contributed by atoms with Gasteiger partial charge in [-0.15, -0.1) is 0 Å². The van der Waals surface area contributed by atoms with Crippen LogP contribution in [0.2, 0.25) is 5.02 Å². The number of rotatable bonds is 5. The first-order valence-corrected chi connectivity index (χ1v) is 12.4. The van der Waals surface area contributed by atoms with Crippen LogP contribution in [0.4, 0.5) is 11.5 Å². The molecule has 0 amide bonds. The molecule has 2 heterocycles. The van der Waals surface area contributed by atoms with Crippen LogP contribution in [0.1, 0.15) is 18.1 Å². The summed E-state index contributed by atoms with van der Waals surface area (Å²) in [5.41, 5.74) is 7.63. The van der Waals surface area contributed by atoms with Gasteiger partial charge in [0, 0.05) is 29.7 Å². The fourth-order valence-corrected chi connectivity index (χ4v) is 4.82. The number of hydrogen-bond acceptors (Lipinski definition) is 7. The van der Waals surface area contributed by atoms with Crippen LogP contribution in [0.5, 0.6) is 5.75 Å². The lowest BCUT2D eigenvalue weighted by atomic mass is 9.98. The van der Waals surface area contributed by atoms with Crippen molar-refractivity contribution >= 4 is 33.1 Å². The van der Waals surface area contributed by atoms with Gasteiger partial charge in [0.25, 0.3) is 0 Å². The molecule has 2 aromatic carbocycles. The number of halogens is 1. The number of sulfonamides is 1. The number of nitrogens with zero attached hydrogens (tertiary/aromatic N) is 3. The van der Waals surface area contributed by atoms with Gasteiger partial charge in [-0.1, -0.05) is 23.7 Å². The summed E-state index contributed by atoms with van der Waals surface area (Å²) in [6.45, 7) is 3.64. The Morgan fingerprint density at radius 3 is 2.43 bits per heavy atom. The first-order valence-electron chi connectivity index (χ1n) is 10.5. The molecule has 35 heavy (non-hydrogen) atoms. The third kappa shape index (κ3) is 4.72. The maximum atomic E-state index is 12.5. The van der Waals surface area contributed by atoms with Crippen LogP contribution in [0.3, 0.4) is 0 Å². The molecule has 1 aliphatic heterocycles. The van der Waals surface area contributed by atoms with Gasteiger partial charge in [-0.2, -0.15) is 5.26 Å². The Bertz CT molecular complexity index is 1490. The van der Waals surface area contributed by atoms with Crippen LogP contribution < -0.4 is 20.5 Å². The van der Waals surface area contributed by atoms with Gasteiger partial charge in [0.2, 0.25) is 10.0 Å². The third-order valence-corrected chi connectivity index (χ3v) is 6.84. The minimum absolute atomic E-state index is 0.0678. The lowest BCUT2D eigenvalue weighted by molar-refractivity contribution is 0.190. The quantitative estimate of drug-likeness (QED) is 0.519. The number of benzene rings is 2. The number of anilines is 2. The van der Waals surface area contributed by atoms with Crippen molar-refractivity contribution in [1.29, 1.82) is 5.26 Å². The Hall–Kier alpha value is -3.84. The van der Waals surface area contributed by atoms with Gasteiger partial charge < -0.3 is 15.4 Å². The second kappa shape index (κ2) is 9.07. The Morgan fingerprint density at radius 1 is 1.11 bits per heavy atom. The molecule has 3 aromatic rings. The van der Waals surface area contributed by atoms with Crippen molar-refractivity contribution in [2.45, 2.75) is 24.3 Å². The first-order chi connectivity index (χ1) is 16.5. The van der Waals surface area contributed by atoms with Gasteiger partial charge in [-0.25, -0.2) is 18.5 Å². The summed E-state index contributed by atoms with van der Waals surface area (Å²) in [5, 5.41) is 15.3. The van der Waals surface area contributed by atoms with Gasteiger partial charge in [-0.3, -0.25) is 0 Å². The molecule has 4 N–H and O–H groups in total. The third-order valence-electron chi connectivity index (χ3n) is 5.58. The predicted molar refractivity (Wildman–Crippen MR) is 136 cm³/mol. The van der Waals surface area contributed by atoms with E-state index in [0.29, 0.717) is 27.6 Å². The van der Waals surface area contributed by atoms with E-state index in [4.69, 9.17) is 27.2 Å². The number of ether oxygens (including phenoxy) is 1. The Kier molecular flexibility index (Phi) is 6.30. The van der Waals surface area contributed by atoms with Crippen molar-refractivity contribution in [3.63, 3.8) is 0 Å². The highest BCUT2D eigenvalue weighted by Crippen LogP contribution is 2.41. The van der Waals surface area contributed by atoms with E-state index in [1.54, 1.807) is 72.0 Å². The van der Waals surface area contributed by atoms with Crippen LogP contribution in [0.25, 0.3) is 11.1 Å². The summed E-state index contributed by atoms with van der Waals surface area (Å²) in [6.07, 6.45) is 8.60. The molecule has 0 fully saturated rings. The van der Waals surface area contributed by atoms with Crippen molar-refractivity contribution in [2.75, 3.05) is 10.6 Å². The number of nitrogen functional groups attached to an aromatic ring is 1. The van der Waals surface area contributed by atoms with Crippen molar-refractivity contribution in [1.82, 2.24) is 4.98 Å². The number of pyridine rings is 1. The monoisotopic (exact) mass is 507 g/mol. The Balaban J connectivity index is 1.78. The summed E-state index contributed by atoms with van der Waals surface area (Å²) in [4.78, 5) is 5.82. The number of hydrogen-bond donors (Lipinski definition) is 2.